The van der Waals surface area contributed by atoms with Crippen LogP contribution in [-0.2, 0) is 4.74 Å². The number of aromatic nitrogens is 1. The SMILES string of the molecule is Cc1cccc(-c2cnc(C(=O)C(C)C)c(NC(=O)OC(C)(C)C)c2)c1. The Morgan fingerprint density at radius 2 is 1.81 bits per heavy atom. The first kappa shape index (κ1) is 19.6. The van der Waals surface area contributed by atoms with Crippen LogP contribution in [0.4, 0.5) is 10.5 Å². The predicted molar refractivity (Wildman–Crippen MR) is 103 cm³/mol. The molecule has 26 heavy (non-hydrogen) atoms. The third-order valence-corrected chi connectivity index (χ3v) is 3.63. The predicted octanol–water partition coefficient (Wildman–Crippen LogP) is 5.24. The second-order valence-corrected chi connectivity index (χ2v) is 7.64. The first-order valence-electron chi connectivity index (χ1n) is 8.68. The number of Topliss-reactive ketones (excluding diaryl/α,β-unsaturated/α-hetero) is 1. The number of nitrogens with zero attached hydrogens (tertiary/aromatic N) is 1. The van der Waals surface area contributed by atoms with E-state index < -0.39 is 11.7 Å². The largest absolute Gasteiger partial charge is 0.444 e. The lowest BCUT2D eigenvalue weighted by Gasteiger charge is -2.20. The lowest BCUT2D eigenvalue weighted by Crippen LogP contribution is -2.28. The van der Waals surface area contributed by atoms with E-state index in [1.807, 2.05) is 31.2 Å². The fourth-order valence-corrected chi connectivity index (χ4v) is 2.43. The van der Waals surface area contributed by atoms with Crippen molar-refractivity contribution in [2.45, 2.75) is 47.1 Å². The van der Waals surface area contributed by atoms with Gasteiger partial charge in [-0.05, 0) is 39.3 Å². The van der Waals surface area contributed by atoms with Crippen molar-refractivity contribution in [1.29, 1.82) is 0 Å². The van der Waals surface area contributed by atoms with Crippen LogP contribution in [0.2, 0.25) is 0 Å². The Bertz CT molecular complexity index is 820. The Kier molecular flexibility index (Phi) is 5.80. The minimum atomic E-state index is -0.631. The van der Waals surface area contributed by atoms with Crippen molar-refractivity contribution in [1.82, 2.24) is 4.98 Å². The monoisotopic (exact) mass is 354 g/mol. The molecule has 1 N–H and O–H groups in total. The van der Waals surface area contributed by atoms with Crippen LogP contribution in [0.15, 0.2) is 36.5 Å². The van der Waals surface area contributed by atoms with Gasteiger partial charge in [0.25, 0.3) is 0 Å². The van der Waals surface area contributed by atoms with Crippen LogP contribution in [0, 0.1) is 12.8 Å². The summed E-state index contributed by atoms with van der Waals surface area (Å²) >= 11 is 0. The van der Waals surface area contributed by atoms with E-state index in [2.05, 4.69) is 10.3 Å². The molecule has 138 valence electrons. The van der Waals surface area contributed by atoms with Crippen molar-refractivity contribution in [3.05, 3.63) is 47.8 Å². The van der Waals surface area contributed by atoms with Gasteiger partial charge >= 0.3 is 6.09 Å². The minimum absolute atomic E-state index is 0.133. The van der Waals surface area contributed by atoms with Crippen LogP contribution >= 0.6 is 0 Å². The molecule has 1 heterocycles. The van der Waals surface area contributed by atoms with E-state index in [1.165, 1.54) is 0 Å². The third kappa shape index (κ3) is 5.15. The zero-order chi connectivity index (χ0) is 19.5. The highest BCUT2D eigenvalue weighted by molar-refractivity contribution is 6.03. The molecular weight excluding hydrogens is 328 g/mol. The standard InChI is InChI=1S/C21H26N2O3/c1-13(2)19(24)18-17(23-20(25)26-21(4,5)6)11-16(12-22-18)15-9-7-8-14(3)10-15/h7-13H,1-6H3,(H,23,25). The lowest BCUT2D eigenvalue weighted by molar-refractivity contribution is 0.0636. The summed E-state index contributed by atoms with van der Waals surface area (Å²) < 4.78 is 5.31. The molecule has 0 atom stereocenters. The number of rotatable bonds is 4. The molecule has 0 aliphatic carbocycles. The van der Waals surface area contributed by atoms with Crippen molar-refractivity contribution < 1.29 is 14.3 Å². The molecule has 2 aromatic rings. The maximum absolute atomic E-state index is 12.5. The van der Waals surface area contributed by atoms with Crippen LogP contribution < -0.4 is 5.32 Å². The topological polar surface area (TPSA) is 68.3 Å². The van der Waals surface area contributed by atoms with Crippen molar-refractivity contribution in [3.63, 3.8) is 0 Å². The van der Waals surface area contributed by atoms with Crippen molar-refractivity contribution in [3.8, 4) is 11.1 Å². The number of ketones is 1. The summed E-state index contributed by atoms with van der Waals surface area (Å²) in [5, 5.41) is 2.68. The van der Waals surface area contributed by atoms with E-state index in [4.69, 9.17) is 4.74 Å². The molecule has 0 bridgehead atoms. The van der Waals surface area contributed by atoms with Gasteiger partial charge < -0.3 is 4.74 Å². The van der Waals surface area contributed by atoms with Gasteiger partial charge in [-0.25, -0.2) is 4.79 Å². The van der Waals surface area contributed by atoms with E-state index in [9.17, 15) is 9.59 Å². The molecule has 0 saturated heterocycles. The number of nitrogens with one attached hydrogen (secondary N) is 1. The van der Waals surface area contributed by atoms with Gasteiger partial charge in [0, 0.05) is 17.7 Å². The van der Waals surface area contributed by atoms with E-state index >= 15 is 0 Å². The number of hydrogen-bond donors (Lipinski definition) is 1. The van der Waals surface area contributed by atoms with Crippen molar-refractivity contribution >= 4 is 17.6 Å². The summed E-state index contributed by atoms with van der Waals surface area (Å²) in [4.78, 5) is 29.0. The molecule has 0 fully saturated rings. The Balaban J connectivity index is 2.44. The normalized spacial score (nSPS) is 11.3. The van der Waals surface area contributed by atoms with Crippen LogP contribution in [0.3, 0.4) is 0 Å². The van der Waals surface area contributed by atoms with Gasteiger partial charge in [0.1, 0.15) is 11.3 Å². The van der Waals surface area contributed by atoms with Gasteiger partial charge in [0.2, 0.25) is 0 Å². The van der Waals surface area contributed by atoms with Crippen LogP contribution in [0.1, 0.15) is 50.7 Å². The second kappa shape index (κ2) is 7.68. The quantitative estimate of drug-likeness (QED) is 0.762. The van der Waals surface area contributed by atoms with Gasteiger partial charge in [-0.1, -0.05) is 43.7 Å². The van der Waals surface area contributed by atoms with E-state index in [1.54, 1.807) is 46.9 Å². The number of carbonyl (C=O) groups excluding carboxylic acids is 2. The first-order chi connectivity index (χ1) is 12.1. The van der Waals surface area contributed by atoms with E-state index in [0.29, 0.717) is 5.69 Å². The van der Waals surface area contributed by atoms with Gasteiger partial charge in [-0.15, -0.1) is 0 Å². The Hall–Kier alpha value is -2.69. The molecule has 0 radical (unpaired) electrons. The Morgan fingerprint density at radius 1 is 1.12 bits per heavy atom. The molecule has 0 aliphatic rings. The molecule has 1 aromatic heterocycles. The Labute approximate surface area is 154 Å². The second-order valence-electron chi connectivity index (χ2n) is 7.64. The number of pyridine rings is 1. The molecular formula is C21H26N2O3. The number of anilines is 1. The molecule has 0 saturated carbocycles. The zero-order valence-corrected chi connectivity index (χ0v) is 16.2. The summed E-state index contributed by atoms with van der Waals surface area (Å²) in [6.07, 6.45) is 1.04. The van der Waals surface area contributed by atoms with Gasteiger partial charge in [0.15, 0.2) is 5.78 Å². The maximum Gasteiger partial charge on any atom is 0.412 e. The number of ether oxygens (including phenoxy) is 1. The van der Waals surface area contributed by atoms with Gasteiger partial charge in [0.05, 0.1) is 5.69 Å². The molecule has 1 amide bonds. The highest BCUT2D eigenvalue weighted by atomic mass is 16.6. The van der Waals surface area contributed by atoms with Crippen LogP contribution in [0.25, 0.3) is 11.1 Å². The first-order valence-corrected chi connectivity index (χ1v) is 8.68. The minimum Gasteiger partial charge on any atom is -0.444 e. The average Bonchev–Trinajstić information content (AvgIpc) is 2.52. The fourth-order valence-electron chi connectivity index (χ4n) is 2.43. The smallest absolute Gasteiger partial charge is 0.412 e. The van der Waals surface area contributed by atoms with Crippen LogP contribution in [0.5, 0.6) is 0 Å². The summed E-state index contributed by atoms with van der Waals surface area (Å²) in [6, 6.07) is 9.72. The van der Waals surface area contributed by atoms with Gasteiger partial charge in [-0.2, -0.15) is 0 Å². The summed E-state index contributed by atoms with van der Waals surface area (Å²) in [7, 11) is 0. The molecule has 1 aromatic carbocycles. The number of carbonyl (C=O) groups is 2. The number of amides is 1. The third-order valence-electron chi connectivity index (χ3n) is 3.63. The lowest BCUT2D eigenvalue weighted by atomic mass is 10.0. The molecule has 5 heteroatoms. The zero-order valence-electron chi connectivity index (χ0n) is 16.2. The van der Waals surface area contributed by atoms with Gasteiger partial charge in [-0.3, -0.25) is 15.1 Å². The fraction of sp³-hybridized carbons (Fsp3) is 0.381. The average molecular weight is 354 g/mol. The maximum atomic E-state index is 12.5. The van der Waals surface area contributed by atoms with E-state index in [-0.39, 0.29) is 17.4 Å². The number of aryl methyl sites for hydroxylation is 1. The highest BCUT2D eigenvalue weighted by Crippen LogP contribution is 2.26. The van der Waals surface area contributed by atoms with Crippen molar-refractivity contribution in [2.24, 2.45) is 5.92 Å². The Morgan fingerprint density at radius 3 is 2.38 bits per heavy atom. The number of hydrogen-bond acceptors (Lipinski definition) is 4. The highest BCUT2D eigenvalue weighted by Gasteiger charge is 2.22. The molecule has 0 aliphatic heterocycles. The summed E-state index contributed by atoms with van der Waals surface area (Å²) in [5.41, 5.74) is 2.87. The molecule has 2 rings (SSSR count). The summed E-state index contributed by atoms with van der Waals surface area (Å²) in [6.45, 7) is 11.0. The summed E-state index contributed by atoms with van der Waals surface area (Å²) in [5.74, 6) is -0.363. The molecule has 5 nitrogen and oxygen atoms in total. The van der Waals surface area contributed by atoms with Crippen molar-refractivity contribution in [2.75, 3.05) is 5.32 Å². The van der Waals surface area contributed by atoms with Crippen LogP contribution in [-0.4, -0.2) is 22.5 Å². The molecule has 0 spiro atoms. The molecule has 0 unspecified atom stereocenters. The van der Waals surface area contributed by atoms with E-state index in [0.717, 1.165) is 16.7 Å². The number of benzene rings is 1.